The number of hydrogen-bond donors (Lipinski definition) is 0. The van der Waals surface area contributed by atoms with Crippen molar-refractivity contribution >= 4 is 9.19 Å². The van der Waals surface area contributed by atoms with Gasteiger partial charge in [0.1, 0.15) is 0 Å². The third-order valence-corrected chi connectivity index (χ3v) is 0. The second-order valence-electron chi connectivity index (χ2n) is 0. The first-order valence-electron chi connectivity index (χ1n) is 0.169. The number of halogens is 1. The molecule has 6 nitrogen and oxygen atoms in total. The summed E-state index contributed by atoms with van der Waals surface area (Å²) in [6, 6.07) is 0. The summed E-state index contributed by atoms with van der Waals surface area (Å²) >= 11 is 0.917. The van der Waals surface area contributed by atoms with E-state index >= 15 is 0 Å². The van der Waals surface area contributed by atoms with E-state index in [4.69, 9.17) is 9.19 Å². The Labute approximate surface area is 62.4 Å². The van der Waals surface area contributed by atoms with Crippen molar-refractivity contribution in [1.29, 1.82) is 0 Å². The van der Waals surface area contributed by atoms with Crippen LogP contribution in [0.25, 0.3) is 0 Å². The molecule has 0 saturated carbocycles. The molecule has 0 aliphatic rings. The molecular weight excluding hydrogens is 312 g/mol. The molecule has 0 spiro atoms. The summed E-state index contributed by atoms with van der Waals surface area (Å²) in [6.45, 7) is 0. The average Bonchev–Trinajstić information content (AvgIpc) is 1.00. The predicted octanol–water partition coefficient (Wildman–Crippen LogP) is -4.26. The molecule has 8 heavy (non-hydrogen) atoms. The van der Waals surface area contributed by atoms with Gasteiger partial charge >= 0.3 is 29.2 Å². The van der Waals surface area contributed by atoms with Crippen molar-refractivity contribution in [3.8, 4) is 0 Å². The predicted molar refractivity (Wildman–Crippen MR) is 27.5 cm³/mol. The van der Waals surface area contributed by atoms with Crippen LogP contribution in [0.1, 0.15) is 0 Å². The van der Waals surface area contributed by atoms with Gasteiger partial charge in [0.25, 0.3) is 0 Å². The molecular formula is H12ClO6Ta. The Balaban J connectivity index is -0.000000000333. The van der Waals surface area contributed by atoms with E-state index in [1.807, 2.05) is 0 Å². The van der Waals surface area contributed by atoms with Gasteiger partial charge in [-0.2, -0.15) is 0 Å². The van der Waals surface area contributed by atoms with Crippen molar-refractivity contribution in [2.75, 3.05) is 0 Å². The van der Waals surface area contributed by atoms with Gasteiger partial charge in [0.2, 0.25) is 0 Å². The maximum absolute atomic E-state index is 4.75. The molecule has 0 saturated heterocycles. The molecule has 0 bridgehead atoms. The van der Waals surface area contributed by atoms with E-state index in [0.717, 1.165) is 20.0 Å². The van der Waals surface area contributed by atoms with E-state index in [9.17, 15) is 0 Å². The molecule has 0 atom stereocenters. The first-order chi connectivity index (χ1) is 1.00. The molecule has 0 aliphatic carbocycles. The van der Waals surface area contributed by atoms with Gasteiger partial charge in [0, 0.05) is 0 Å². The number of hydrogen-bond acceptors (Lipinski definition) is 0. The van der Waals surface area contributed by atoms with E-state index < -0.39 is 0 Å². The van der Waals surface area contributed by atoms with Crippen LogP contribution in [0.2, 0.25) is 0 Å². The standard InChI is InChI=1S/ClH.6H2O.Ta/h1H;6*1H2;/q;;;;;;;+1/p-1. The summed E-state index contributed by atoms with van der Waals surface area (Å²) in [5, 5.41) is 0. The van der Waals surface area contributed by atoms with Gasteiger partial charge < -0.3 is 32.9 Å². The summed E-state index contributed by atoms with van der Waals surface area (Å²) in [5.41, 5.74) is 0. The van der Waals surface area contributed by atoms with Crippen LogP contribution in [0, 0.1) is 0 Å². The van der Waals surface area contributed by atoms with Gasteiger partial charge in [-0.1, -0.05) is 0 Å². The Bertz CT molecular complexity index is 8.49. The first kappa shape index (κ1) is 166. The summed E-state index contributed by atoms with van der Waals surface area (Å²) in [5.74, 6) is 0. The van der Waals surface area contributed by atoms with Gasteiger partial charge in [-0.05, 0) is 0 Å². The van der Waals surface area contributed by atoms with Crippen LogP contribution in [0.5, 0.6) is 0 Å². The van der Waals surface area contributed by atoms with Crippen LogP contribution in [0.4, 0.5) is 0 Å². The minimum atomic E-state index is 0. The van der Waals surface area contributed by atoms with Crippen LogP contribution in [-0.4, -0.2) is 32.9 Å². The summed E-state index contributed by atoms with van der Waals surface area (Å²) in [4.78, 5) is 0. The summed E-state index contributed by atoms with van der Waals surface area (Å²) in [6.07, 6.45) is 0. The van der Waals surface area contributed by atoms with Crippen molar-refractivity contribution in [3.63, 3.8) is 0 Å². The van der Waals surface area contributed by atoms with Crippen molar-refractivity contribution in [2.24, 2.45) is 0 Å². The fourth-order valence-corrected chi connectivity index (χ4v) is 0. The third kappa shape index (κ3) is 365. The maximum atomic E-state index is 4.75. The second kappa shape index (κ2) is 575. The van der Waals surface area contributed by atoms with E-state index in [1.165, 1.54) is 0 Å². The Morgan fingerprint density at radius 2 is 0.500 bits per heavy atom. The monoisotopic (exact) mass is 324 g/mol. The quantitative estimate of drug-likeness (QED) is 0.417. The summed E-state index contributed by atoms with van der Waals surface area (Å²) < 4.78 is 0. The molecule has 60 valence electrons. The van der Waals surface area contributed by atoms with Crippen molar-refractivity contribution in [1.82, 2.24) is 0 Å². The first-order valence-corrected chi connectivity index (χ1v) is 4.15. The molecule has 12 N–H and O–H groups in total. The fourth-order valence-electron chi connectivity index (χ4n) is 0. The van der Waals surface area contributed by atoms with Crippen LogP contribution in [-0.2, 0) is 20.0 Å². The minimum absolute atomic E-state index is 0. The Kier molecular flexibility index (Phi) is 12000. The van der Waals surface area contributed by atoms with Gasteiger partial charge in [0.05, 0.1) is 0 Å². The van der Waals surface area contributed by atoms with Gasteiger partial charge in [-0.15, -0.1) is 0 Å². The Hall–Kier alpha value is 0.790. The van der Waals surface area contributed by atoms with Crippen molar-refractivity contribution in [3.05, 3.63) is 0 Å². The average molecular weight is 324 g/mol. The van der Waals surface area contributed by atoms with Crippen LogP contribution >= 0.6 is 9.19 Å². The zero-order valence-electron chi connectivity index (χ0n) is 3.83. The topological polar surface area (TPSA) is 189 Å². The SMILES string of the molecule is O.O.O.O.O.O.[Cl][Ta]. The molecule has 0 rings (SSSR count). The molecule has 0 aromatic carbocycles. The van der Waals surface area contributed by atoms with Gasteiger partial charge in [-0.25, -0.2) is 0 Å². The normalized spacial score (nSPS) is 0.625. The molecule has 0 heterocycles. The molecule has 0 fully saturated rings. The molecule has 0 radical (unpaired) electrons. The molecule has 0 amide bonds. The second-order valence-corrected chi connectivity index (χ2v) is 0. The van der Waals surface area contributed by atoms with E-state index in [0.29, 0.717) is 0 Å². The summed E-state index contributed by atoms with van der Waals surface area (Å²) in [7, 11) is 4.75. The van der Waals surface area contributed by atoms with E-state index in [-0.39, 0.29) is 32.9 Å². The molecule has 0 aliphatic heterocycles. The van der Waals surface area contributed by atoms with Crippen LogP contribution < -0.4 is 0 Å². The Morgan fingerprint density at radius 3 is 0.500 bits per heavy atom. The van der Waals surface area contributed by atoms with Crippen LogP contribution in [0.3, 0.4) is 0 Å². The molecule has 0 aromatic rings. The zero-order chi connectivity index (χ0) is 2.00. The fraction of sp³-hybridized carbons (Fsp3) is 0. The zero-order valence-corrected chi connectivity index (χ0v) is 7.79. The van der Waals surface area contributed by atoms with Crippen LogP contribution in [0.15, 0.2) is 0 Å². The van der Waals surface area contributed by atoms with E-state index in [2.05, 4.69) is 0 Å². The van der Waals surface area contributed by atoms with Gasteiger partial charge in [0.15, 0.2) is 0 Å². The van der Waals surface area contributed by atoms with Crippen molar-refractivity contribution in [2.45, 2.75) is 0 Å². The number of rotatable bonds is 0. The molecule has 0 unspecified atom stereocenters. The Morgan fingerprint density at radius 1 is 0.500 bits per heavy atom. The van der Waals surface area contributed by atoms with Gasteiger partial charge in [-0.3, -0.25) is 0 Å². The molecule has 0 aromatic heterocycles. The van der Waals surface area contributed by atoms with E-state index in [1.54, 1.807) is 0 Å². The molecule has 8 heteroatoms. The third-order valence-electron chi connectivity index (χ3n) is 0. The van der Waals surface area contributed by atoms with Crippen molar-refractivity contribution < 1.29 is 52.8 Å².